The van der Waals surface area contributed by atoms with Gasteiger partial charge in [-0.1, -0.05) is 0 Å². The first-order valence-corrected chi connectivity index (χ1v) is 6.67. The SMILES string of the molecule is COC[C@@]12CC[C@H](n3cnc4c(N)ncnc43)[C@H]1C2. The summed E-state index contributed by atoms with van der Waals surface area (Å²) in [5.74, 6) is 1.15. The highest BCUT2D eigenvalue weighted by Gasteiger charge is 2.62. The number of ether oxygens (including phenoxy) is 1. The first-order chi connectivity index (χ1) is 9.25. The van der Waals surface area contributed by atoms with Crippen LogP contribution >= 0.6 is 0 Å². The van der Waals surface area contributed by atoms with E-state index in [4.69, 9.17) is 10.5 Å². The van der Waals surface area contributed by atoms with Crippen LogP contribution in [-0.4, -0.2) is 33.2 Å². The third-order valence-corrected chi connectivity index (χ3v) is 4.83. The van der Waals surface area contributed by atoms with E-state index >= 15 is 0 Å². The molecule has 2 saturated carbocycles. The Bertz CT molecular complexity index is 639. The number of rotatable bonds is 3. The smallest absolute Gasteiger partial charge is 0.165 e. The van der Waals surface area contributed by atoms with Gasteiger partial charge in [-0.15, -0.1) is 0 Å². The van der Waals surface area contributed by atoms with Crippen LogP contribution in [-0.2, 0) is 4.74 Å². The fourth-order valence-corrected chi connectivity index (χ4v) is 3.82. The Morgan fingerprint density at radius 1 is 1.47 bits per heavy atom. The molecule has 2 N–H and O–H groups in total. The van der Waals surface area contributed by atoms with Gasteiger partial charge < -0.3 is 15.0 Å². The van der Waals surface area contributed by atoms with Gasteiger partial charge >= 0.3 is 0 Å². The molecule has 0 radical (unpaired) electrons. The van der Waals surface area contributed by atoms with Gasteiger partial charge in [0.15, 0.2) is 11.5 Å². The molecule has 3 atom stereocenters. The quantitative estimate of drug-likeness (QED) is 0.901. The Labute approximate surface area is 111 Å². The fraction of sp³-hybridized carbons (Fsp3) is 0.615. The average Bonchev–Trinajstić information content (AvgIpc) is 2.79. The molecule has 4 rings (SSSR count). The van der Waals surface area contributed by atoms with Gasteiger partial charge in [-0.05, 0) is 30.6 Å². The molecular weight excluding hydrogens is 242 g/mol. The van der Waals surface area contributed by atoms with E-state index in [1.165, 1.54) is 25.6 Å². The fourth-order valence-electron chi connectivity index (χ4n) is 3.82. The number of hydrogen-bond donors (Lipinski definition) is 1. The Morgan fingerprint density at radius 3 is 3.16 bits per heavy atom. The maximum Gasteiger partial charge on any atom is 0.165 e. The minimum Gasteiger partial charge on any atom is -0.384 e. The summed E-state index contributed by atoms with van der Waals surface area (Å²) >= 11 is 0. The highest BCUT2D eigenvalue weighted by atomic mass is 16.5. The van der Waals surface area contributed by atoms with Gasteiger partial charge in [-0.25, -0.2) is 15.0 Å². The lowest BCUT2D eigenvalue weighted by atomic mass is 10.1. The molecule has 2 aliphatic carbocycles. The topological polar surface area (TPSA) is 78.9 Å². The average molecular weight is 259 g/mol. The minimum absolute atomic E-state index is 0.411. The van der Waals surface area contributed by atoms with Gasteiger partial charge in [-0.3, -0.25) is 0 Å². The summed E-state index contributed by atoms with van der Waals surface area (Å²) < 4.78 is 7.56. The van der Waals surface area contributed by atoms with Crippen molar-refractivity contribution in [1.29, 1.82) is 0 Å². The van der Waals surface area contributed by atoms with Gasteiger partial charge in [0.2, 0.25) is 0 Å². The van der Waals surface area contributed by atoms with Crippen LogP contribution in [0.5, 0.6) is 0 Å². The van der Waals surface area contributed by atoms with Crippen molar-refractivity contribution in [2.75, 3.05) is 19.5 Å². The van der Waals surface area contributed by atoms with E-state index in [0.29, 0.717) is 28.7 Å². The summed E-state index contributed by atoms with van der Waals surface area (Å²) in [7, 11) is 1.79. The zero-order chi connectivity index (χ0) is 13.0. The zero-order valence-corrected chi connectivity index (χ0v) is 10.9. The van der Waals surface area contributed by atoms with Gasteiger partial charge in [0.1, 0.15) is 11.8 Å². The Kier molecular flexibility index (Phi) is 2.15. The summed E-state index contributed by atoms with van der Waals surface area (Å²) in [4.78, 5) is 12.7. The molecule has 19 heavy (non-hydrogen) atoms. The first kappa shape index (κ1) is 11.2. The number of methoxy groups -OCH3 is 1. The molecule has 6 heteroatoms. The molecular formula is C13H17N5O. The maximum atomic E-state index is 5.84. The van der Waals surface area contributed by atoms with Crippen molar-refractivity contribution in [3.05, 3.63) is 12.7 Å². The lowest BCUT2D eigenvalue weighted by Gasteiger charge is -2.13. The van der Waals surface area contributed by atoms with E-state index in [0.717, 1.165) is 12.3 Å². The number of anilines is 1. The summed E-state index contributed by atoms with van der Waals surface area (Å²) in [5, 5.41) is 0. The summed E-state index contributed by atoms with van der Waals surface area (Å²) in [6.07, 6.45) is 7.03. The number of nitrogens with two attached hydrogens (primary N) is 1. The molecule has 0 saturated heterocycles. The summed E-state index contributed by atoms with van der Waals surface area (Å²) in [6.45, 7) is 0.873. The monoisotopic (exact) mass is 259 g/mol. The molecule has 2 aliphatic rings. The van der Waals surface area contributed by atoms with Crippen LogP contribution in [0.1, 0.15) is 25.3 Å². The van der Waals surface area contributed by atoms with Crippen LogP contribution in [0.2, 0.25) is 0 Å². The number of imidazole rings is 1. The third-order valence-electron chi connectivity index (χ3n) is 4.83. The van der Waals surface area contributed by atoms with Gasteiger partial charge in [-0.2, -0.15) is 0 Å². The molecule has 0 spiro atoms. The zero-order valence-electron chi connectivity index (χ0n) is 10.9. The molecule has 0 aromatic carbocycles. The number of hydrogen-bond acceptors (Lipinski definition) is 5. The van der Waals surface area contributed by atoms with E-state index in [9.17, 15) is 0 Å². The lowest BCUT2D eigenvalue weighted by molar-refractivity contribution is 0.137. The standard InChI is InChI=1S/C13H17N5O/c1-19-5-13-3-2-9(8(13)4-13)18-7-17-10-11(14)15-6-16-12(10)18/h6-9H,2-5H2,1H3,(H2,14,15,16)/t8-,9+,13+/m1/s1. The van der Waals surface area contributed by atoms with E-state index in [1.807, 2.05) is 6.33 Å². The first-order valence-electron chi connectivity index (χ1n) is 6.67. The van der Waals surface area contributed by atoms with Crippen molar-refractivity contribution in [2.45, 2.75) is 25.3 Å². The minimum atomic E-state index is 0.411. The third kappa shape index (κ3) is 1.43. The Morgan fingerprint density at radius 2 is 2.37 bits per heavy atom. The largest absolute Gasteiger partial charge is 0.384 e. The number of fused-ring (bicyclic) bond motifs is 2. The molecule has 2 fully saturated rings. The number of nitrogens with zero attached hydrogens (tertiary/aromatic N) is 4. The second-order valence-electron chi connectivity index (χ2n) is 5.79. The van der Waals surface area contributed by atoms with Crippen LogP contribution in [0.3, 0.4) is 0 Å². The molecule has 0 aliphatic heterocycles. The molecule has 2 aromatic heterocycles. The Hall–Kier alpha value is -1.69. The van der Waals surface area contributed by atoms with E-state index in [1.54, 1.807) is 7.11 Å². The normalized spacial score (nSPS) is 32.7. The molecule has 2 heterocycles. The van der Waals surface area contributed by atoms with E-state index < -0.39 is 0 Å². The van der Waals surface area contributed by atoms with Gasteiger partial charge in [0.25, 0.3) is 0 Å². The van der Waals surface area contributed by atoms with Crippen LogP contribution in [0.25, 0.3) is 11.2 Å². The summed E-state index contributed by atoms with van der Waals surface area (Å²) in [6, 6.07) is 0.481. The van der Waals surface area contributed by atoms with Crippen LogP contribution < -0.4 is 5.73 Å². The molecule has 0 unspecified atom stereocenters. The Balaban J connectivity index is 1.72. The van der Waals surface area contributed by atoms with Crippen molar-refractivity contribution >= 4 is 17.0 Å². The van der Waals surface area contributed by atoms with Crippen molar-refractivity contribution in [3.63, 3.8) is 0 Å². The predicted octanol–water partition coefficient (Wildman–Crippen LogP) is 1.40. The predicted molar refractivity (Wildman–Crippen MR) is 70.4 cm³/mol. The second-order valence-corrected chi connectivity index (χ2v) is 5.79. The molecule has 6 nitrogen and oxygen atoms in total. The van der Waals surface area contributed by atoms with Crippen molar-refractivity contribution in [3.8, 4) is 0 Å². The van der Waals surface area contributed by atoms with Gasteiger partial charge in [0.05, 0.1) is 12.9 Å². The van der Waals surface area contributed by atoms with Crippen LogP contribution in [0.4, 0.5) is 5.82 Å². The molecule has 0 bridgehead atoms. The highest BCUT2D eigenvalue weighted by Crippen LogP contribution is 2.67. The second kappa shape index (κ2) is 3.66. The lowest BCUT2D eigenvalue weighted by Crippen LogP contribution is -2.10. The summed E-state index contributed by atoms with van der Waals surface area (Å²) in [5.41, 5.74) is 7.83. The van der Waals surface area contributed by atoms with Crippen LogP contribution in [0, 0.1) is 11.3 Å². The van der Waals surface area contributed by atoms with E-state index in [2.05, 4.69) is 19.5 Å². The van der Waals surface area contributed by atoms with Crippen molar-refractivity contribution in [1.82, 2.24) is 19.5 Å². The molecule has 100 valence electrons. The van der Waals surface area contributed by atoms with Crippen LogP contribution in [0.15, 0.2) is 12.7 Å². The highest BCUT2D eigenvalue weighted by molar-refractivity contribution is 5.81. The van der Waals surface area contributed by atoms with E-state index in [-0.39, 0.29) is 0 Å². The molecule has 0 amide bonds. The molecule has 2 aromatic rings. The number of nitrogen functional groups attached to an aromatic ring is 1. The van der Waals surface area contributed by atoms with Gasteiger partial charge in [0, 0.05) is 13.2 Å². The maximum absolute atomic E-state index is 5.84. The number of aromatic nitrogens is 4. The van der Waals surface area contributed by atoms with Crippen molar-refractivity contribution in [2.24, 2.45) is 11.3 Å². The van der Waals surface area contributed by atoms with Crippen molar-refractivity contribution < 1.29 is 4.74 Å².